The van der Waals surface area contributed by atoms with Crippen LogP contribution in [0.25, 0.3) is 11.1 Å². The van der Waals surface area contributed by atoms with Gasteiger partial charge in [0.2, 0.25) is 5.91 Å². The van der Waals surface area contributed by atoms with Gasteiger partial charge < -0.3 is 14.6 Å². The van der Waals surface area contributed by atoms with Crippen molar-refractivity contribution in [3.63, 3.8) is 0 Å². The normalized spacial score (nSPS) is 17.9. The highest BCUT2D eigenvalue weighted by Gasteiger charge is 2.36. The maximum Gasteiger partial charge on any atom is 0.419 e. The van der Waals surface area contributed by atoms with E-state index in [4.69, 9.17) is 4.42 Å². The van der Waals surface area contributed by atoms with Gasteiger partial charge in [-0.15, -0.1) is 12.4 Å². The molecule has 1 aliphatic heterocycles. The largest absolute Gasteiger partial charge is 0.419 e. The van der Waals surface area contributed by atoms with E-state index in [2.05, 4.69) is 5.32 Å². The van der Waals surface area contributed by atoms with Crippen LogP contribution in [-0.4, -0.2) is 29.1 Å². The first-order valence-electron chi connectivity index (χ1n) is 6.57. The summed E-state index contributed by atoms with van der Waals surface area (Å²) in [5.74, 6) is -0.384. The van der Waals surface area contributed by atoms with Gasteiger partial charge in [-0.25, -0.2) is 4.79 Å². The summed E-state index contributed by atoms with van der Waals surface area (Å²) in [6.07, 6.45) is 0. The number of halogens is 1. The number of carbonyl (C=O) groups is 1. The number of nitrogens with one attached hydrogen (secondary N) is 1. The number of anilines is 1. The molecule has 0 saturated carbocycles. The number of aryl methyl sites for hydroxylation is 1. The number of rotatable bonds is 1. The summed E-state index contributed by atoms with van der Waals surface area (Å²) in [7, 11) is 1.66. The third-order valence-corrected chi connectivity index (χ3v) is 3.77. The fourth-order valence-electron chi connectivity index (χ4n) is 2.53. The fourth-order valence-corrected chi connectivity index (χ4v) is 2.53. The number of nitrogens with zero attached hydrogens (tertiary/aromatic N) is 2. The molecule has 0 aliphatic carbocycles. The zero-order valence-corrected chi connectivity index (χ0v) is 13.0. The first-order chi connectivity index (χ1) is 9.40. The zero-order valence-electron chi connectivity index (χ0n) is 12.2. The van der Waals surface area contributed by atoms with E-state index in [1.165, 1.54) is 4.57 Å². The van der Waals surface area contributed by atoms with Gasteiger partial charge in [-0.05, 0) is 26.0 Å². The lowest BCUT2D eigenvalue weighted by atomic mass is 10.0. The average Bonchev–Trinajstić information content (AvgIpc) is 2.68. The molecule has 1 aromatic carbocycles. The highest BCUT2D eigenvalue weighted by atomic mass is 35.5. The molecule has 114 valence electrons. The van der Waals surface area contributed by atoms with Gasteiger partial charge in [0.15, 0.2) is 5.58 Å². The lowest BCUT2D eigenvalue weighted by Crippen LogP contribution is -2.61. The maximum atomic E-state index is 12.4. The van der Waals surface area contributed by atoms with Gasteiger partial charge in [0.25, 0.3) is 0 Å². The number of benzene rings is 1. The molecular formula is C14H18ClN3O3. The SMILES string of the molecule is Cl.Cn1c(=O)oc2cc(N3CCNC(C)(C)C3=O)ccc21. The molecule has 3 rings (SSSR count). The van der Waals surface area contributed by atoms with Crippen molar-refractivity contribution in [3.8, 4) is 0 Å². The lowest BCUT2D eigenvalue weighted by Gasteiger charge is -2.38. The van der Waals surface area contributed by atoms with E-state index in [1.807, 2.05) is 19.9 Å². The Morgan fingerprint density at radius 1 is 1.29 bits per heavy atom. The molecule has 2 aromatic rings. The lowest BCUT2D eigenvalue weighted by molar-refractivity contribution is -0.124. The first-order valence-corrected chi connectivity index (χ1v) is 6.57. The summed E-state index contributed by atoms with van der Waals surface area (Å²) in [5.41, 5.74) is 1.40. The number of hydrogen-bond donors (Lipinski definition) is 1. The molecule has 1 N–H and O–H groups in total. The van der Waals surface area contributed by atoms with E-state index in [-0.39, 0.29) is 18.3 Å². The van der Waals surface area contributed by atoms with Crippen molar-refractivity contribution in [2.45, 2.75) is 19.4 Å². The Labute approximate surface area is 128 Å². The van der Waals surface area contributed by atoms with Gasteiger partial charge in [0.05, 0.1) is 11.1 Å². The van der Waals surface area contributed by atoms with Gasteiger partial charge in [-0.1, -0.05) is 0 Å². The van der Waals surface area contributed by atoms with Gasteiger partial charge >= 0.3 is 5.76 Å². The zero-order chi connectivity index (χ0) is 14.5. The molecule has 0 atom stereocenters. The van der Waals surface area contributed by atoms with E-state index in [0.717, 1.165) is 17.7 Å². The topological polar surface area (TPSA) is 67.5 Å². The average molecular weight is 312 g/mol. The van der Waals surface area contributed by atoms with Crippen LogP contribution in [0.3, 0.4) is 0 Å². The third kappa shape index (κ3) is 2.45. The van der Waals surface area contributed by atoms with E-state index in [9.17, 15) is 9.59 Å². The predicted molar refractivity (Wildman–Crippen MR) is 83.1 cm³/mol. The molecule has 1 aromatic heterocycles. The molecule has 0 unspecified atom stereocenters. The Morgan fingerprint density at radius 3 is 2.71 bits per heavy atom. The molecular weight excluding hydrogens is 294 g/mol. The van der Waals surface area contributed by atoms with Gasteiger partial charge in [0, 0.05) is 31.9 Å². The van der Waals surface area contributed by atoms with Crippen LogP contribution in [0.5, 0.6) is 0 Å². The molecule has 7 heteroatoms. The predicted octanol–water partition coefficient (Wildman–Crippen LogP) is 1.27. The maximum absolute atomic E-state index is 12.4. The summed E-state index contributed by atoms with van der Waals surface area (Å²) in [5, 5.41) is 3.19. The second-order valence-corrected chi connectivity index (χ2v) is 5.59. The first kappa shape index (κ1) is 15.6. The van der Waals surface area contributed by atoms with Crippen molar-refractivity contribution in [1.82, 2.24) is 9.88 Å². The number of fused-ring (bicyclic) bond motifs is 1. The van der Waals surface area contributed by atoms with Crippen LogP contribution in [-0.2, 0) is 11.8 Å². The second-order valence-electron chi connectivity index (χ2n) is 5.59. The van der Waals surface area contributed by atoms with E-state index in [0.29, 0.717) is 12.1 Å². The van der Waals surface area contributed by atoms with Gasteiger partial charge in [-0.2, -0.15) is 0 Å². The number of oxazole rings is 1. The van der Waals surface area contributed by atoms with Crippen LogP contribution in [0.4, 0.5) is 5.69 Å². The monoisotopic (exact) mass is 311 g/mol. The Kier molecular flexibility index (Phi) is 3.86. The molecule has 21 heavy (non-hydrogen) atoms. The van der Waals surface area contributed by atoms with E-state index in [1.54, 1.807) is 24.1 Å². The van der Waals surface area contributed by atoms with Crippen LogP contribution >= 0.6 is 12.4 Å². The molecule has 2 heterocycles. The highest BCUT2D eigenvalue weighted by molar-refractivity contribution is 6.01. The van der Waals surface area contributed by atoms with Crippen molar-refractivity contribution in [3.05, 3.63) is 28.7 Å². The molecule has 1 saturated heterocycles. The quantitative estimate of drug-likeness (QED) is 0.861. The third-order valence-electron chi connectivity index (χ3n) is 3.77. The van der Waals surface area contributed by atoms with Gasteiger partial charge in [-0.3, -0.25) is 9.36 Å². The van der Waals surface area contributed by atoms with Crippen LogP contribution < -0.4 is 16.0 Å². The molecule has 1 fully saturated rings. The number of carbonyl (C=O) groups excluding carboxylic acids is 1. The van der Waals surface area contributed by atoms with Crippen molar-refractivity contribution in [2.24, 2.45) is 7.05 Å². The Balaban J connectivity index is 0.00000161. The fraction of sp³-hybridized carbons (Fsp3) is 0.429. The molecule has 1 aliphatic rings. The Morgan fingerprint density at radius 2 is 2.00 bits per heavy atom. The van der Waals surface area contributed by atoms with Crippen molar-refractivity contribution in [2.75, 3.05) is 18.0 Å². The minimum Gasteiger partial charge on any atom is -0.408 e. The summed E-state index contributed by atoms with van der Waals surface area (Å²) in [4.78, 5) is 25.6. The molecule has 0 bridgehead atoms. The molecule has 6 nitrogen and oxygen atoms in total. The van der Waals surface area contributed by atoms with Crippen molar-refractivity contribution in [1.29, 1.82) is 0 Å². The van der Waals surface area contributed by atoms with E-state index >= 15 is 0 Å². The standard InChI is InChI=1S/C14H17N3O3.ClH/c1-14(2)12(18)17(7-6-15-14)9-4-5-10-11(8-9)20-13(19)16(10)3;/h4-5,8,15H,6-7H2,1-3H3;1H. The molecule has 1 amide bonds. The number of amides is 1. The summed E-state index contributed by atoms with van der Waals surface area (Å²) in [6, 6.07) is 5.39. The molecule has 0 spiro atoms. The van der Waals surface area contributed by atoms with Gasteiger partial charge in [0.1, 0.15) is 0 Å². The summed E-state index contributed by atoms with van der Waals surface area (Å²) in [6.45, 7) is 5.06. The highest BCUT2D eigenvalue weighted by Crippen LogP contribution is 2.25. The molecule has 0 radical (unpaired) electrons. The summed E-state index contributed by atoms with van der Waals surface area (Å²) < 4.78 is 6.62. The van der Waals surface area contributed by atoms with Crippen LogP contribution in [0, 0.1) is 0 Å². The second kappa shape index (κ2) is 5.20. The minimum absolute atomic E-state index is 0. The Hall–Kier alpha value is -1.79. The van der Waals surface area contributed by atoms with Crippen LogP contribution in [0.1, 0.15) is 13.8 Å². The number of hydrogen-bond acceptors (Lipinski definition) is 4. The Bertz CT molecular complexity index is 747. The van der Waals surface area contributed by atoms with E-state index < -0.39 is 11.3 Å². The van der Waals surface area contributed by atoms with Crippen LogP contribution in [0.2, 0.25) is 0 Å². The number of aromatic nitrogens is 1. The smallest absolute Gasteiger partial charge is 0.408 e. The van der Waals surface area contributed by atoms with Crippen molar-refractivity contribution >= 4 is 35.1 Å². The number of piperazine rings is 1. The van der Waals surface area contributed by atoms with Crippen LogP contribution in [0.15, 0.2) is 27.4 Å². The minimum atomic E-state index is -0.579. The van der Waals surface area contributed by atoms with Crippen molar-refractivity contribution < 1.29 is 9.21 Å². The summed E-state index contributed by atoms with van der Waals surface area (Å²) >= 11 is 0.